The van der Waals surface area contributed by atoms with Crippen molar-refractivity contribution in [2.24, 2.45) is 0 Å². The molecule has 0 heterocycles. The summed E-state index contributed by atoms with van der Waals surface area (Å²) in [6.45, 7) is 0. The third-order valence-corrected chi connectivity index (χ3v) is 4.55. The van der Waals surface area contributed by atoms with Crippen molar-refractivity contribution in [2.75, 3.05) is 11.1 Å². The fraction of sp³-hybridized carbons (Fsp3) is 0.133. The van der Waals surface area contributed by atoms with Gasteiger partial charge in [0.05, 0.1) is 16.5 Å². The van der Waals surface area contributed by atoms with Gasteiger partial charge in [0.1, 0.15) is 0 Å². The molecule has 1 amide bonds. The molecule has 0 atom stereocenters. The number of hydrogen-bond donors (Lipinski definition) is 1. The van der Waals surface area contributed by atoms with E-state index in [2.05, 4.69) is 5.32 Å². The molecule has 2 rings (SSSR count). The normalized spacial score (nSPS) is 10.4. The Hall–Kier alpha value is -0.870. The van der Waals surface area contributed by atoms with E-state index in [-0.39, 0.29) is 5.91 Å². The number of thioether (sulfide) groups is 1. The summed E-state index contributed by atoms with van der Waals surface area (Å²) in [6, 6.07) is 12.5. The number of halogens is 3. The van der Waals surface area contributed by atoms with Crippen LogP contribution in [-0.2, 0) is 10.5 Å². The van der Waals surface area contributed by atoms with Crippen molar-refractivity contribution in [3.05, 3.63) is 63.1 Å². The van der Waals surface area contributed by atoms with Crippen LogP contribution in [-0.4, -0.2) is 11.7 Å². The van der Waals surface area contributed by atoms with E-state index in [1.165, 1.54) is 11.8 Å². The zero-order valence-electron chi connectivity index (χ0n) is 10.9. The number of carbonyl (C=O) groups is 1. The van der Waals surface area contributed by atoms with E-state index in [0.717, 1.165) is 5.56 Å². The molecule has 110 valence electrons. The SMILES string of the molecule is O=C(CSCc1ccc(Cl)cc1Cl)Nc1ccccc1Cl. The van der Waals surface area contributed by atoms with Gasteiger partial charge in [0, 0.05) is 15.8 Å². The Balaban J connectivity index is 1.83. The predicted octanol–water partition coefficient (Wildman–Crippen LogP) is 5.52. The van der Waals surface area contributed by atoms with E-state index >= 15 is 0 Å². The number of para-hydroxylation sites is 1. The molecule has 0 radical (unpaired) electrons. The number of nitrogens with one attached hydrogen (secondary N) is 1. The second kappa shape index (κ2) is 7.95. The summed E-state index contributed by atoms with van der Waals surface area (Å²) in [7, 11) is 0. The number of amides is 1. The Kier molecular flexibility index (Phi) is 6.24. The monoisotopic (exact) mass is 359 g/mol. The molecule has 1 N–H and O–H groups in total. The number of carbonyl (C=O) groups excluding carboxylic acids is 1. The first kappa shape index (κ1) is 16.5. The van der Waals surface area contributed by atoms with Crippen molar-refractivity contribution in [3.8, 4) is 0 Å². The van der Waals surface area contributed by atoms with Crippen LogP contribution >= 0.6 is 46.6 Å². The molecule has 0 fully saturated rings. The summed E-state index contributed by atoms with van der Waals surface area (Å²) in [5.41, 5.74) is 1.57. The number of benzene rings is 2. The molecular formula is C15H12Cl3NOS. The van der Waals surface area contributed by atoms with Crippen molar-refractivity contribution in [1.29, 1.82) is 0 Å². The zero-order valence-corrected chi connectivity index (χ0v) is 14.0. The highest BCUT2D eigenvalue weighted by Gasteiger charge is 2.07. The number of rotatable bonds is 5. The van der Waals surface area contributed by atoms with Gasteiger partial charge in [0.15, 0.2) is 0 Å². The third kappa shape index (κ3) is 5.11. The van der Waals surface area contributed by atoms with Gasteiger partial charge < -0.3 is 5.32 Å². The fourth-order valence-electron chi connectivity index (χ4n) is 1.64. The summed E-state index contributed by atoms with van der Waals surface area (Å²) in [5.74, 6) is 0.869. The van der Waals surface area contributed by atoms with Crippen LogP contribution in [0.1, 0.15) is 5.56 Å². The van der Waals surface area contributed by atoms with E-state index in [9.17, 15) is 4.79 Å². The molecule has 0 aliphatic heterocycles. The van der Waals surface area contributed by atoms with Crippen molar-refractivity contribution in [1.82, 2.24) is 0 Å². The molecule has 0 saturated heterocycles. The largest absolute Gasteiger partial charge is 0.324 e. The molecule has 6 heteroatoms. The Bertz CT molecular complexity index is 649. The highest BCUT2D eigenvalue weighted by atomic mass is 35.5. The summed E-state index contributed by atoms with van der Waals surface area (Å²) >= 11 is 19.4. The van der Waals surface area contributed by atoms with Crippen LogP contribution in [0.5, 0.6) is 0 Å². The average Bonchev–Trinajstić information content (AvgIpc) is 2.44. The van der Waals surface area contributed by atoms with Gasteiger partial charge in [-0.2, -0.15) is 0 Å². The molecule has 2 aromatic carbocycles. The molecule has 21 heavy (non-hydrogen) atoms. The van der Waals surface area contributed by atoms with Crippen molar-refractivity contribution in [2.45, 2.75) is 5.75 Å². The summed E-state index contributed by atoms with van der Waals surface area (Å²) in [5, 5.41) is 4.51. The quantitative estimate of drug-likeness (QED) is 0.760. The lowest BCUT2D eigenvalue weighted by atomic mass is 10.2. The maximum absolute atomic E-state index is 11.8. The van der Waals surface area contributed by atoms with E-state index in [4.69, 9.17) is 34.8 Å². The Labute approximate surface area is 142 Å². The maximum atomic E-state index is 11.8. The van der Waals surface area contributed by atoms with Gasteiger partial charge >= 0.3 is 0 Å². The second-order valence-corrected chi connectivity index (χ2v) is 6.49. The lowest BCUT2D eigenvalue weighted by molar-refractivity contribution is -0.113. The van der Waals surface area contributed by atoms with Crippen LogP contribution in [0.25, 0.3) is 0 Å². The van der Waals surface area contributed by atoms with Gasteiger partial charge in [0.25, 0.3) is 0 Å². The fourth-order valence-corrected chi connectivity index (χ4v) is 3.21. The first-order valence-electron chi connectivity index (χ1n) is 6.12. The maximum Gasteiger partial charge on any atom is 0.234 e. The van der Waals surface area contributed by atoms with E-state index < -0.39 is 0 Å². The summed E-state index contributed by atoms with van der Waals surface area (Å²) < 4.78 is 0. The second-order valence-electron chi connectivity index (χ2n) is 4.26. The van der Waals surface area contributed by atoms with Crippen molar-refractivity contribution < 1.29 is 4.79 Å². The average molecular weight is 361 g/mol. The van der Waals surface area contributed by atoms with Crippen LogP contribution < -0.4 is 5.32 Å². The van der Waals surface area contributed by atoms with Crippen LogP contribution in [0.3, 0.4) is 0 Å². The van der Waals surface area contributed by atoms with Crippen molar-refractivity contribution in [3.63, 3.8) is 0 Å². The van der Waals surface area contributed by atoms with Gasteiger partial charge in [-0.15, -0.1) is 11.8 Å². The lowest BCUT2D eigenvalue weighted by Crippen LogP contribution is -2.14. The van der Waals surface area contributed by atoms with Crippen molar-refractivity contribution >= 4 is 58.2 Å². The molecule has 2 nitrogen and oxygen atoms in total. The molecular weight excluding hydrogens is 349 g/mol. The lowest BCUT2D eigenvalue weighted by Gasteiger charge is -2.07. The Morgan fingerprint density at radius 3 is 2.52 bits per heavy atom. The van der Waals surface area contributed by atoms with Crippen LogP contribution in [0.4, 0.5) is 5.69 Å². The van der Waals surface area contributed by atoms with Crippen LogP contribution in [0.15, 0.2) is 42.5 Å². The predicted molar refractivity (Wildman–Crippen MR) is 92.7 cm³/mol. The molecule has 0 unspecified atom stereocenters. The standard InChI is InChI=1S/C15H12Cl3NOS/c16-11-6-5-10(13(18)7-11)8-21-9-15(20)19-14-4-2-1-3-12(14)17/h1-7H,8-9H2,(H,19,20). The minimum atomic E-state index is -0.0989. The highest BCUT2D eigenvalue weighted by Crippen LogP contribution is 2.25. The minimum Gasteiger partial charge on any atom is -0.324 e. The molecule has 0 saturated carbocycles. The van der Waals surface area contributed by atoms with E-state index in [1.807, 2.05) is 18.2 Å². The van der Waals surface area contributed by atoms with E-state index in [1.54, 1.807) is 24.3 Å². The topological polar surface area (TPSA) is 29.1 Å². The Morgan fingerprint density at radius 2 is 1.81 bits per heavy atom. The molecule has 0 aliphatic rings. The molecule has 0 aromatic heterocycles. The van der Waals surface area contributed by atoms with Gasteiger partial charge in [0.2, 0.25) is 5.91 Å². The molecule has 0 bridgehead atoms. The van der Waals surface area contributed by atoms with Gasteiger partial charge in [-0.05, 0) is 29.8 Å². The highest BCUT2D eigenvalue weighted by molar-refractivity contribution is 7.99. The number of hydrogen-bond acceptors (Lipinski definition) is 2. The molecule has 2 aromatic rings. The van der Waals surface area contributed by atoms with E-state index in [0.29, 0.717) is 32.3 Å². The van der Waals surface area contributed by atoms with Gasteiger partial charge in [-0.3, -0.25) is 4.79 Å². The van der Waals surface area contributed by atoms with Crippen LogP contribution in [0.2, 0.25) is 15.1 Å². The summed E-state index contributed by atoms with van der Waals surface area (Å²) in [4.78, 5) is 11.8. The smallest absolute Gasteiger partial charge is 0.234 e. The molecule has 0 aliphatic carbocycles. The molecule has 0 spiro atoms. The zero-order chi connectivity index (χ0) is 15.2. The third-order valence-electron chi connectivity index (χ3n) is 2.65. The first-order chi connectivity index (χ1) is 10.1. The number of anilines is 1. The van der Waals surface area contributed by atoms with Gasteiger partial charge in [-0.25, -0.2) is 0 Å². The first-order valence-corrected chi connectivity index (χ1v) is 8.41. The Morgan fingerprint density at radius 1 is 1.05 bits per heavy atom. The summed E-state index contributed by atoms with van der Waals surface area (Å²) in [6.07, 6.45) is 0. The van der Waals surface area contributed by atoms with Crippen LogP contribution in [0, 0.1) is 0 Å². The minimum absolute atomic E-state index is 0.0989. The van der Waals surface area contributed by atoms with Gasteiger partial charge in [-0.1, -0.05) is 53.0 Å².